The monoisotopic (exact) mass is 385 g/mol. The van der Waals surface area contributed by atoms with Crippen molar-refractivity contribution in [2.75, 3.05) is 6.54 Å². The minimum atomic E-state index is -0.531. The second-order valence-corrected chi connectivity index (χ2v) is 5.48. The van der Waals surface area contributed by atoms with Crippen LogP contribution in [0.3, 0.4) is 0 Å². The summed E-state index contributed by atoms with van der Waals surface area (Å²) in [5.74, 6) is -0.493. The number of carbonyl (C=O) groups is 3. The molecule has 0 unspecified atom stereocenters. The fraction of sp³-hybridized carbons (Fsp3) is 0.308. The summed E-state index contributed by atoms with van der Waals surface area (Å²) >= 11 is 2.27. The lowest BCUT2D eigenvalue weighted by Gasteiger charge is -2.33. The van der Waals surface area contributed by atoms with E-state index in [1.807, 2.05) is 12.1 Å². The number of imide groups is 1. The molecule has 0 spiro atoms. The standard InChI is InChI=1S/C13H12IN3O3/c14-6-8-1-2-10-9(5-8)7-17(12(10)19)16-4-3-11(18)15-13(16)20/h1-2,5H,3-4,6-7H2,(H,15,18,20). The van der Waals surface area contributed by atoms with Crippen LogP contribution in [0, 0.1) is 0 Å². The molecular formula is C13H12IN3O3. The van der Waals surface area contributed by atoms with E-state index in [4.69, 9.17) is 0 Å². The van der Waals surface area contributed by atoms with Crippen molar-refractivity contribution in [2.24, 2.45) is 0 Å². The van der Waals surface area contributed by atoms with Gasteiger partial charge in [0.05, 0.1) is 13.1 Å². The van der Waals surface area contributed by atoms with Crippen molar-refractivity contribution < 1.29 is 14.4 Å². The Morgan fingerprint density at radius 2 is 2.00 bits per heavy atom. The zero-order valence-corrected chi connectivity index (χ0v) is 12.7. The van der Waals surface area contributed by atoms with Crippen molar-refractivity contribution in [1.29, 1.82) is 0 Å². The van der Waals surface area contributed by atoms with E-state index in [-0.39, 0.29) is 24.8 Å². The zero-order chi connectivity index (χ0) is 14.3. The molecule has 20 heavy (non-hydrogen) atoms. The number of rotatable bonds is 2. The Bertz CT molecular complexity index is 617. The molecule has 0 radical (unpaired) electrons. The summed E-state index contributed by atoms with van der Waals surface area (Å²) in [6.07, 6.45) is 0.213. The molecule has 1 saturated heterocycles. The number of alkyl halides is 1. The smallest absolute Gasteiger partial charge is 0.276 e. The first-order valence-corrected chi connectivity index (χ1v) is 7.73. The maximum Gasteiger partial charge on any atom is 0.342 e. The van der Waals surface area contributed by atoms with Crippen molar-refractivity contribution in [3.63, 3.8) is 0 Å². The predicted octanol–water partition coefficient (Wildman–Crippen LogP) is 1.43. The van der Waals surface area contributed by atoms with Crippen LogP contribution in [-0.2, 0) is 15.8 Å². The highest BCUT2D eigenvalue weighted by molar-refractivity contribution is 14.1. The summed E-state index contributed by atoms with van der Waals surface area (Å²) in [6, 6.07) is 5.19. The van der Waals surface area contributed by atoms with E-state index in [0.29, 0.717) is 12.1 Å². The van der Waals surface area contributed by atoms with Crippen molar-refractivity contribution >= 4 is 40.4 Å². The van der Waals surface area contributed by atoms with Gasteiger partial charge < -0.3 is 0 Å². The molecule has 0 aliphatic carbocycles. The minimum absolute atomic E-state index is 0.190. The van der Waals surface area contributed by atoms with Gasteiger partial charge in [-0.25, -0.2) is 14.8 Å². The molecule has 1 aromatic rings. The van der Waals surface area contributed by atoms with E-state index in [0.717, 1.165) is 15.6 Å². The highest BCUT2D eigenvalue weighted by Crippen LogP contribution is 2.26. The Kier molecular flexibility index (Phi) is 3.36. The first-order chi connectivity index (χ1) is 9.60. The molecule has 1 fully saturated rings. The van der Waals surface area contributed by atoms with Crippen molar-refractivity contribution in [3.8, 4) is 0 Å². The first-order valence-electron chi connectivity index (χ1n) is 6.21. The summed E-state index contributed by atoms with van der Waals surface area (Å²) in [5.41, 5.74) is 2.70. The molecule has 0 bridgehead atoms. The van der Waals surface area contributed by atoms with Gasteiger partial charge in [-0.1, -0.05) is 34.7 Å². The number of hydrogen-bond donors (Lipinski definition) is 1. The lowest BCUT2D eigenvalue weighted by Crippen LogP contribution is -2.56. The van der Waals surface area contributed by atoms with Gasteiger partial charge in [0, 0.05) is 16.4 Å². The Hall–Kier alpha value is -1.64. The molecule has 3 rings (SSSR count). The molecule has 0 saturated carbocycles. The summed E-state index contributed by atoms with van der Waals surface area (Å²) in [5, 5.41) is 4.95. The van der Waals surface area contributed by atoms with Crippen LogP contribution in [0.2, 0.25) is 0 Å². The van der Waals surface area contributed by atoms with Gasteiger partial charge in [0.25, 0.3) is 5.91 Å². The fourth-order valence-electron chi connectivity index (χ4n) is 2.42. The first kappa shape index (κ1) is 13.3. The third-order valence-electron chi connectivity index (χ3n) is 3.43. The number of carbonyl (C=O) groups excluding carboxylic acids is 3. The Morgan fingerprint density at radius 3 is 2.70 bits per heavy atom. The van der Waals surface area contributed by atoms with Crippen LogP contribution in [0.4, 0.5) is 4.79 Å². The van der Waals surface area contributed by atoms with Crippen LogP contribution in [0.25, 0.3) is 0 Å². The van der Waals surface area contributed by atoms with Crippen molar-refractivity contribution in [2.45, 2.75) is 17.4 Å². The van der Waals surface area contributed by atoms with Crippen molar-refractivity contribution in [3.05, 3.63) is 34.9 Å². The van der Waals surface area contributed by atoms with Gasteiger partial charge in [-0.2, -0.15) is 0 Å². The number of amides is 4. The molecule has 2 aliphatic rings. The topological polar surface area (TPSA) is 69.7 Å². The molecule has 0 atom stereocenters. The van der Waals surface area contributed by atoms with Crippen LogP contribution in [0.1, 0.15) is 27.9 Å². The number of urea groups is 1. The summed E-state index contributed by atoms with van der Waals surface area (Å²) in [6.45, 7) is 0.615. The number of fused-ring (bicyclic) bond motifs is 1. The van der Waals surface area contributed by atoms with Gasteiger partial charge >= 0.3 is 6.03 Å². The molecule has 104 valence electrons. The SMILES string of the molecule is O=C1CCN(N2Cc3cc(CI)ccc3C2=O)C(=O)N1. The van der Waals surface area contributed by atoms with E-state index in [1.165, 1.54) is 10.0 Å². The third kappa shape index (κ3) is 2.15. The predicted molar refractivity (Wildman–Crippen MR) is 78.9 cm³/mol. The number of nitrogens with one attached hydrogen (secondary N) is 1. The van der Waals surface area contributed by atoms with Crippen LogP contribution in [-0.4, -0.2) is 34.4 Å². The largest absolute Gasteiger partial charge is 0.342 e. The number of benzene rings is 1. The molecule has 2 heterocycles. The number of nitrogens with zero attached hydrogens (tertiary/aromatic N) is 2. The second kappa shape index (κ2) is 5.04. The van der Waals surface area contributed by atoms with Gasteiger partial charge in [0.1, 0.15) is 0 Å². The molecule has 0 aromatic heterocycles. The maximum atomic E-state index is 12.3. The van der Waals surface area contributed by atoms with E-state index in [9.17, 15) is 14.4 Å². The normalized spacial score (nSPS) is 18.4. The quantitative estimate of drug-likeness (QED) is 0.619. The molecule has 1 N–H and O–H groups in total. The maximum absolute atomic E-state index is 12.3. The van der Waals surface area contributed by atoms with E-state index in [1.54, 1.807) is 6.07 Å². The summed E-state index contributed by atoms with van der Waals surface area (Å²) in [7, 11) is 0. The van der Waals surface area contributed by atoms with Gasteiger partial charge in [-0.3, -0.25) is 14.9 Å². The Labute approximate surface area is 129 Å². The van der Waals surface area contributed by atoms with Crippen LogP contribution >= 0.6 is 22.6 Å². The minimum Gasteiger partial charge on any atom is -0.276 e. The number of hydrazine groups is 1. The van der Waals surface area contributed by atoms with Gasteiger partial charge in [-0.15, -0.1) is 0 Å². The lowest BCUT2D eigenvalue weighted by atomic mass is 10.1. The van der Waals surface area contributed by atoms with Crippen LogP contribution < -0.4 is 5.32 Å². The van der Waals surface area contributed by atoms with Gasteiger partial charge in [0.15, 0.2) is 0 Å². The number of hydrogen-bond acceptors (Lipinski definition) is 3. The average molecular weight is 385 g/mol. The molecule has 1 aromatic carbocycles. The van der Waals surface area contributed by atoms with E-state index < -0.39 is 6.03 Å². The molecular weight excluding hydrogens is 373 g/mol. The zero-order valence-electron chi connectivity index (χ0n) is 10.6. The van der Waals surface area contributed by atoms with E-state index in [2.05, 4.69) is 27.9 Å². The van der Waals surface area contributed by atoms with Crippen LogP contribution in [0.5, 0.6) is 0 Å². The summed E-state index contributed by atoms with van der Waals surface area (Å²) < 4.78 is 0.873. The lowest BCUT2D eigenvalue weighted by molar-refractivity contribution is -0.123. The summed E-state index contributed by atoms with van der Waals surface area (Å²) in [4.78, 5) is 35.3. The Balaban J connectivity index is 1.86. The van der Waals surface area contributed by atoms with E-state index >= 15 is 0 Å². The average Bonchev–Trinajstić information content (AvgIpc) is 2.75. The fourth-order valence-corrected chi connectivity index (χ4v) is 2.90. The second-order valence-electron chi connectivity index (χ2n) is 4.71. The Morgan fingerprint density at radius 1 is 1.20 bits per heavy atom. The third-order valence-corrected chi connectivity index (χ3v) is 4.31. The highest BCUT2D eigenvalue weighted by Gasteiger charge is 2.36. The van der Waals surface area contributed by atoms with Crippen LogP contribution in [0.15, 0.2) is 18.2 Å². The highest BCUT2D eigenvalue weighted by atomic mass is 127. The van der Waals surface area contributed by atoms with Gasteiger partial charge in [-0.05, 0) is 17.2 Å². The number of halogens is 1. The van der Waals surface area contributed by atoms with Gasteiger partial charge in [0.2, 0.25) is 5.91 Å². The molecule has 7 heteroatoms. The molecule has 4 amide bonds. The molecule has 6 nitrogen and oxygen atoms in total. The molecule has 2 aliphatic heterocycles. The van der Waals surface area contributed by atoms with Crippen molar-refractivity contribution in [1.82, 2.24) is 15.3 Å².